The molecule has 8 heteroatoms. The summed E-state index contributed by atoms with van der Waals surface area (Å²) in [4.78, 5) is 26.5. The molecular weight excluding hydrogens is 352 g/mol. The third-order valence-electron chi connectivity index (χ3n) is 3.33. The van der Waals surface area contributed by atoms with Crippen molar-refractivity contribution >= 4 is 44.9 Å². The highest BCUT2D eigenvalue weighted by molar-refractivity contribution is 7.21. The van der Waals surface area contributed by atoms with Gasteiger partial charge in [0.2, 0.25) is 0 Å². The number of carboxylic acids is 1. The van der Waals surface area contributed by atoms with Crippen molar-refractivity contribution in [2.75, 3.05) is 0 Å². The Balaban J connectivity index is 1.93. The van der Waals surface area contributed by atoms with Gasteiger partial charge in [-0.2, -0.15) is 0 Å². The molecule has 1 aromatic carbocycles. The number of amides is 1. The van der Waals surface area contributed by atoms with E-state index in [1.807, 2.05) is 6.07 Å². The monoisotopic (exact) mass is 362 g/mol. The van der Waals surface area contributed by atoms with Crippen molar-refractivity contribution in [2.45, 2.75) is 6.61 Å². The molecule has 0 radical (unpaired) electrons. The Hall–Kier alpha value is -2.64. The maximum Gasteiger partial charge on any atom is 0.346 e. The molecular formula is C16H11ClN2O4S. The van der Waals surface area contributed by atoms with Crippen LogP contribution in [0.2, 0.25) is 5.02 Å². The molecule has 3 N–H and O–H groups in total. The number of halogens is 1. The van der Waals surface area contributed by atoms with E-state index in [-0.39, 0.29) is 17.2 Å². The number of primary amides is 1. The quantitative estimate of drug-likeness (QED) is 0.724. The molecule has 24 heavy (non-hydrogen) atoms. The summed E-state index contributed by atoms with van der Waals surface area (Å²) in [5, 5.41) is 10.5. The SMILES string of the molecule is NC(=O)c1ccc(OCc2c(C(=O)O)sc3cccc(Cl)c23)cn1. The zero-order valence-corrected chi connectivity index (χ0v) is 13.7. The van der Waals surface area contributed by atoms with Gasteiger partial charge in [-0.15, -0.1) is 11.3 Å². The van der Waals surface area contributed by atoms with Crippen molar-refractivity contribution < 1.29 is 19.4 Å². The van der Waals surface area contributed by atoms with Gasteiger partial charge < -0.3 is 15.6 Å². The van der Waals surface area contributed by atoms with Gasteiger partial charge in [0.05, 0.1) is 6.20 Å². The molecule has 0 spiro atoms. The molecule has 1 amide bonds. The summed E-state index contributed by atoms with van der Waals surface area (Å²) in [5.41, 5.74) is 5.76. The van der Waals surface area contributed by atoms with E-state index in [4.69, 9.17) is 22.1 Å². The van der Waals surface area contributed by atoms with E-state index in [0.717, 1.165) is 16.0 Å². The number of carbonyl (C=O) groups excluding carboxylic acids is 1. The van der Waals surface area contributed by atoms with Crippen molar-refractivity contribution in [3.8, 4) is 5.75 Å². The molecule has 0 fully saturated rings. The van der Waals surface area contributed by atoms with Gasteiger partial charge in [-0.1, -0.05) is 17.7 Å². The van der Waals surface area contributed by atoms with Crippen molar-refractivity contribution in [2.24, 2.45) is 5.73 Å². The lowest BCUT2D eigenvalue weighted by Gasteiger charge is -2.07. The number of aromatic carboxylic acids is 1. The predicted octanol–water partition coefficient (Wildman–Crippen LogP) is 3.33. The molecule has 0 saturated carbocycles. The largest absolute Gasteiger partial charge is 0.487 e. The minimum Gasteiger partial charge on any atom is -0.487 e. The fourth-order valence-electron chi connectivity index (χ4n) is 2.24. The molecule has 3 aromatic rings. The number of carboxylic acid groups (broad SMARTS) is 1. The third-order valence-corrected chi connectivity index (χ3v) is 4.83. The van der Waals surface area contributed by atoms with Crippen LogP contribution in [0.3, 0.4) is 0 Å². The summed E-state index contributed by atoms with van der Waals surface area (Å²) >= 11 is 7.36. The maximum atomic E-state index is 11.5. The number of nitrogens with two attached hydrogens (primary N) is 1. The number of fused-ring (bicyclic) bond motifs is 1. The smallest absolute Gasteiger partial charge is 0.346 e. The molecule has 3 rings (SSSR count). The summed E-state index contributed by atoms with van der Waals surface area (Å²) in [7, 11) is 0. The Labute approximate surface area is 145 Å². The standard InChI is InChI=1S/C16H11ClN2O4S/c17-10-2-1-3-12-13(10)9(14(24-12)16(21)22)7-23-8-4-5-11(15(18)20)19-6-8/h1-6H,7H2,(H2,18,20)(H,21,22). The molecule has 2 aromatic heterocycles. The minimum absolute atomic E-state index is 0.0168. The molecule has 0 aliphatic heterocycles. The van der Waals surface area contributed by atoms with Gasteiger partial charge in [0.25, 0.3) is 5.91 Å². The molecule has 0 aliphatic rings. The molecule has 122 valence electrons. The van der Waals surface area contributed by atoms with E-state index in [1.54, 1.807) is 18.2 Å². The van der Waals surface area contributed by atoms with Crippen molar-refractivity contribution in [1.29, 1.82) is 0 Å². The van der Waals surface area contributed by atoms with Crippen LogP contribution in [0.4, 0.5) is 0 Å². The first-order valence-electron chi connectivity index (χ1n) is 6.79. The first-order valence-corrected chi connectivity index (χ1v) is 7.98. The predicted molar refractivity (Wildman–Crippen MR) is 90.9 cm³/mol. The van der Waals surface area contributed by atoms with Gasteiger partial charge in [-0.25, -0.2) is 9.78 Å². The molecule has 6 nitrogen and oxygen atoms in total. The highest BCUT2D eigenvalue weighted by atomic mass is 35.5. The normalized spacial score (nSPS) is 10.7. The second-order valence-electron chi connectivity index (χ2n) is 4.86. The minimum atomic E-state index is -1.03. The van der Waals surface area contributed by atoms with Crippen molar-refractivity contribution in [3.63, 3.8) is 0 Å². The Morgan fingerprint density at radius 1 is 1.29 bits per heavy atom. The molecule has 2 heterocycles. The Morgan fingerprint density at radius 3 is 2.71 bits per heavy atom. The average Bonchev–Trinajstić information content (AvgIpc) is 2.93. The summed E-state index contributed by atoms with van der Waals surface area (Å²) in [6.07, 6.45) is 1.36. The number of aromatic nitrogens is 1. The summed E-state index contributed by atoms with van der Waals surface area (Å²) in [6, 6.07) is 8.27. The summed E-state index contributed by atoms with van der Waals surface area (Å²) in [6.45, 7) is 0.0168. The number of carbonyl (C=O) groups is 2. The van der Waals surface area contributed by atoms with Crippen LogP contribution >= 0.6 is 22.9 Å². The van der Waals surface area contributed by atoms with E-state index in [9.17, 15) is 14.7 Å². The fraction of sp³-hybridized carbons (Fsp3) is 0.0625. The molecule has 0 atom stereocenters. The van der Waals surface area contributed by atoms with Crippen LogP contribution in [0.1, 0.15) is 25.7 Å². The Bertz CT molecular complexity index is 937. The summed E-state index contributed by atoms with van der Waals surface area (Å²) < 4.78 is 6.39. The van der Waals surface area contributed by atoms with E-state index in [1.165, 1.54) is 12.3 Å². The van der Waals surface area contributed by atoms with Crippen molar-refractivity contribution in [1.82, 2.24) is 4.98 Å². The van der Waals surface area contributed by atoms with Crippen LogP contribution in [0.25, 0.3) is 10.1 Å². The fourth-order valence-corrected chi connectivity index (χ4v) is 3.66. The highest BCUT2D eigenvalue weighted by Crippen LogP contribution is 2.36. The van der Waals surface area contributed by atoms with Gasteiger partial charge in [0.1, 0.15) is 22.9 Å². The number of hydrogen-bond acceptors (Lipinski definition) is 5. The lowest BCUT2D eigenvalue weighted by atomic mass is 10.1. The van der Waals surface area contributed by atoms with Crippen molar-refractivity contribution in [3.05, 3.63) is 57.7 Å². The zero-order chi connectivity index (χ0) is 17.3. The van der Waals surface area contributed by atoms with E-state index >= 15 is 0 Å². The van der Waals surface area contributed by atoms with Crippen LogP contribution < -0.4 is 10.5 Å². The topological polar surface area (TPSA) is 103 Å². The van der Waals surface area contributed by atoms with E-state index < -0.39 is 11.9 Å². The number of ether oxygens (including phenoxy) is 1. The number of thiophene rings is 1. The van der Waals surface area contributed by atoms with Crippen LogP contribution in [0.5, 0.6) is 5.75 Å². The molecule has 0 saturated heterocycles. The number of rotatable bonds is 5. The Morgan fingerprint density at radius 2 is 2.08 bits per heavy atom. The second kappa shape index (κ2) is 6.46. The van der Waals surface area contributed by atoms with Gasteiger partial charge in [-0.3, -0.25) is 4.79 Å². The van der Waals surface area contributed by atoms with Crippen LogP contribution in [-0.2, 0) is 6.61 Å². The number of pyridine rings is 1. The second-order valence-corrected chi connectivity index (χ2v) is 6.32. The van der Waals surface area contributed by atoms with E-state index in [0.29, 0.717) is 21.7 Å². The van der Waals surface area contributed by atoms with Gasteiger partial charge in [0.15, 0.2) is 0 Å². The first kappa shape index (κ1) is 16.2. The lowest BCUT2D eigenvalue weighted by Crippen LogP contribution is -2.12. The van der Waals surface area contributed by atoms with Crippen LogP contribution in [0, 0.1) is 0 Å². The van der Waals surface area contributed by atoms with E-state index in [2.05, 4.69) is 4.98 Å². The maximum absolute atomic E-state index is 11.5. The summed E-state index contributed by atoms with van der Waals surface area (Å²) in [5.74, 6) is -1.28. The average molecular weight is 363 g/mol. The molecule has 0 aliphatic carbocycles. The Kier molecular flexibility index (Phi) is 4.37. The molecule has 0 bridgehead atoms. The van der Waals surface area contributed by atoms with Crippen LogP contribution in [0.15, 0.2) is 36.5 Å². The van der Waals surface area contributed by atoms with Gasteiger partial charge >= 0.3 is 5.97 Å². The number of nitrogens with zero attached hydrogens (tertiary/aromatic N) is 1. The van der Waals surface area contributed by atoms with Gasteiger partial charge in [0, 0.05) is 20.7 Å². The highest BCUT2D eigenvalue weighted by Gasteiger charge is 2.20. The first-order chi connectivity index (χ1) is 11.5. The van der Waals surface area contributed by atoms with Gasteiger partial charge in [-0.05, 0) is 24.3 Å². The third kappa shape index (κ3) is 3.04. The van der Waals surface area contributed by atoms with Crippen LogP contribution in [-0.4, -0.2) is 22.0 Å². The lowest BCUT2D eigenvalue weighted by molar-refractivity contribution is 0.0699. The number of benzene rings is 1. The number of hydrogen-bond donors (Lipinski definition) is 2. The zero-order valence-electron chi connectivity index (χ0n) is 12.2. The molecule has 0 unspecified atom stereocenters.